The normalized spacial score (nSPS) is 13.5. The highest BCUT2D eigenvalue weighted by Gasteiger charge is 2.26. The minimum Gasteiger partial charge on any atom is -0.431 e. The monoisotopic (exact) mass is 509 g/mol. The molecule has 1 heterocycles. The molecule has 4 N–H and O–H groups in total. The lowest BCUT2D eigenvalue weighted by molar-refractivity contribution is -0.126. The van der Waals surface area contributed by atoms with Crippen molar-refractivity contribution in [2.24, 2.45) is 5.92 Å². The Kier molecular flexibility index (Phi) is 10.7. The smallest absolute Gasteiger partial charge is 0.309 e. The van der Waals surface area contributed by atoms with Gasteiger partial charge in [-0.2, -0.15) is 4.98 Å². The molecule has 0 saturated carbocycles. The molecule has 2 rings (SSSR count). The van der Waals surface area contributed by atoms with Crippen molar-refractivity contribution in [3.63, 3.8) is 0 Å². The van der Waals surface area contributed by atoms with E-state index in [9.17, 15) is 23.1 Å². The van der Waals surface area contributed by atoms with E-state index in [0.29, 0.717) is 25.3 Å². The quantitative estimate of drug-likeness (QED) is 0.280. The third-order valence-electron chi connectivity index (χ3n) is 5.11. The third kappa shape index (κ3) is 10.5. The number of benzene rings is 1. The van der Waals surface area contributed by atoms with Gasteiger partial charge in [-0.15, -0.1) is 0 Å². The number of hydrazine groups is 1. The summed E-state index contributed by atoms with van der Waals surface area (Å²) in [6.07, 6.45) is 2.38. The van der Waals surface area contributed by atoms with Gasteiger partial charge in [-0.1, -0.05) is 51.1 Å². The largest absolute Gasteiger partial charge is 0.431 e. The molecule has 12 heteroatoms. The van der Waals surface area contributed by atoms with E-state index in [-0.39, 0.29) is 24.2 Å². The Labute approximate surface area is 206 Å². The third-order valence-corrected chi connectivity index (χ3v) is 5.66. The van der Waals surface area contributed by atoms with Crippen molar-refractivity contribution in [2.75, 3.05) is 24.1 Å². The summed E-state index contributed by atoms with van der Waals surface area (Å²) < 4.78 is 29.8. The van der Waals surface area contributed by atoms with Crippen molar-refractivity contribution in [3.8, 4) is 0 Å². The molecule has 1 aromatic carbocycles. The first kappa shape index (κ1) is 28.3. The first-order valence-electron chi connectivity index (χ1n) is 11.5. The zero-order valence-corrected chi connectivity index (χ0v) is 21.3. The number of hydrogen-bond acceptors (Lipinski definition) is 8. The van der Waals surface area contributed by atoms with Crippen LogP contribution in [0, 0.1) is 5.92 Å². The highest BCUT2D eigenvalue weighted by Crippen LogP contribution is 2.12. The van der Waals surface area contributed by atoms with Crippen LogP contribution in [0.1, 0.15) is 49.7 Å². The van der Waals surface area contributed by atoms with Crippen molar-refractivity contribution in [1.82, 2.24) is 20.7 Å². The van der Waals surface area contributed by atoms with Gasteiger partial charge < -0.3 is 14.8 Å². The number of likely N-dealkylation sites (N-methyl/N-ethyl adjacent to an activating group) is 1. The number of aliphatic hydroxyl groups is 1. The summed E-state index contributed by atoms with van der Waals surface area (Å²) in [4.78, 5) is 28.9. The molecular formula is C23H35N5O6S. The summed E-state index contributed by atoms with van der Waals surface area (Å²) >= 11 is 0. The second-order valence-corrected chi connectivity index (χ2v) is 10.5. The van der Waals surface area contributed by atoms with Crippen LogP contribution in [0.5, 0.6) is 0 Å². The fourth-order valence-corrected chi connectivity index (χ4v) is 3.65. The molecule has 0 fully saturated rings. The maximum absolute atomic E-state index is 12.8. The summed E-state index contributed by atoms with van der Waals surface area (Å²) in [5, 5.41) is 15.4. The van der Waals surface area contributed by atoms with E-state index in [1.165, 1.54) is 0 Å². The van der Waals surface area contributed by atoms with Gasteiger partial charge in [-0.25, -0.2) is 18.1 Å². The van der Waals surface area contributed by atoms with E-state index < -0.39 is 28.1 Å². The molecule has 1 aromatic heterocycles. The molecule has 2 amide bonds. The van der Waals surface area contributed by atoms with Crippen LogP contribution in [0.2, 0.25) is 0 Å². The second-order valence-electron chi connectivity index (χ2n) is 8.76. The molecule has 0 unspecified atom stereocenters. The maximum atomic E-state index is 12.8. The van der Waals surface area contributed by atoms with E-state index in [1.54, 1.807) is 5.01 Å². The maximum Gasteiger partial charge on any atom is 0.309 e. The molecule has 2 atom stereocenters. The van der Waals surface area contributed by atoms with Crippen LogP contribution in [0.3, 0.4) is 0 Å². The van der Waals surface area contributed by atoms with Gasteiger partial charge in [0, 0.05) is 19.5 Å². The Morgan fingerprint density at radius 2 is 1.89 bits per heavy atom. The fraction of sp³-hybridized carbons (Fsp3) is 0.522. The number of amides is 2. The minimum absolute atomic E-state index is 0.0847. The van der Waals surface area contributed by atoms with Gasteiger partial charge in [0.2, 0.25) is 15.9 Å². The number of nitrogens with one attached hydrogen (secondary N) is 3. The summed E-state index contributed by atoms with van der Waals surface area (Å²) in [6, 6.07) is 8.27. The molecule has 0 aliphatic rings. The van der Waals surface area contributed by atoms with Gasteiger partial charge >= 0.3 is 6.01 Å². The van der Waals surface area contributed by atoms with Crippen LogP contribution in [-0.2, 0) is 21.2 Å². The Balaban J connectivity index is 2.11. The number of carbonyl (C=O) groups excluding carboxylic acids is 2. The van der Waals surface area contributed by atoms with Crippen LogP contribution >= 0.6 is 0 Å². The molecule has 194 valence electrons. The summed E-state index contributed by atoms with van der Waals surface area (Å²) in [6.45, 7) is 6.48. The number of hydrogen-bond donors (Lipinski definition) is 4. The average molecular weight is 510 g/mol. The number of anilines is 1. The van der Waals surface area contributed by atoms with Crippen molar-refractivity contribution in [1.29, 1.82) is 0 Å². The molecule has 0 bridgehead atoms. The van der Waals surface area contributed by atoms with E-state index in [1.807, 2.05) is 51.1 Å². The molecule has 35 heavy (non-hydrogen) atoms. The molecule has 0 aliphatic heterocycles. The number of rotatable bonds is 14. The fourth-order valence-electron chi connectivity index (χ4n) is 3.24. The first-order valence-corrected chi connectivity index (χ1v) is 13.4. The zero-order chi connectivity index (χ0) is 26.0. The highest BCUT2D eigenvalue weighted by molar-refractivity contribution is 7.91. The second kappa shape index (κ2) is 13.2. The van der Waals surface area contributed by atoms with Crippen LogP contribution in [0.15, 0.2) is 41.0 Å². The van der Waals surface area contributed by atoms with Crippen molar-refractivity contribution in [2.45, 2.75) is 52.2 Å². The topological polar surface area (TPSA) is 154 Å². The van der Waals surface area contributed by atoms with Crippen LogP contribution in [0.25, 0.3) is 0 Å². The number of nitrogens with zero attached hydrogens (tertiary/aromatic N) is 2. The van der Waals surface area contributed by atoms with Gasteiger partial charge in [0.15, 0.2) is 5.69 Å². The van der Waals surface area contributed by atoms with Crippen molar-refractivity contribution in [3.05, 3.63) is 47.9 Å². The number of aromatic nitrogens is 1. The first-order chi connectivity index (χ1) is 16.5. The van der Waals surface area contributed by atoms with E-state index in [2.05, 4.69) is 20.4 Å². The van der Waals surface area contributed by atoms with E-state index >= 15 is 0 Å². The van der Waals surface area contributed by atoms with E-state index in [4.69, 9.17) is 4.42 Å². The van der Waals surface area contributed by atoms with E-state index in [0.717, 1.165) is 24.5 Å². The summed E-state index contributed by atoms with van der Waals surface area (Å²) in [5.74, 6) is -0.374. The highest BCUT2D eigenvalue weighted by atomic mass is 32.2. The lowest BCUT2D eigenvalue weighted by atomic mass is 10.0. The molecular weight excluding hydrogens is 474 g/mol. The van der Waals surface area contributed by atoms with Gasteiger partial charge in [0.25, 0.3) is 5.91 Å². The summed E-state index contributed by atoms with van der Waals surface area (Å²) in [5.41, 5.74) is 3.56. The van der Waals surface area contributed by atoms with Gasteiger partial charge in [0.1, 0.15) is 6.26 Å². The Morgan fingerprint density at radius 1 is 1.20 bits per heavy atom. The van der Waals surface area contributed by atoms with Crippen molar-refractivity contribution < 1.29 is 27.5 Å². The number of oxazole rings is 1. The molecule has 0 spiro atoms. The Hall–Kier alpha value is -2.96. The molecule has 0 saturated heterocycles. The average Bonchev–Trinajstić information content (AvgIpc) is 3.24. The Bertz CT molecular complexity index is 1060. The summed E-state index contributed by atoms with van der Waals surface area (Å²) in [7, 11) is -3.62. The standard InChI is InChI=1S/C23H35N5O6S/c1-5-28(26-21(30)12-11-16(2)3)14-20(29)18(13-17-9-7-6-8-10-17)24-22(31)19-15-34-23(25-19)27-35(4,32)33/h6-10,15-16,18,20,29H,5,11-14H2,1-4H3,(H,24,31)(H,25,27)(H,26,30)/t18-,20+/m0/s1. The molecule has 2 aromatic rings. The minimum atomic E-state index is -3.62. The molecule has 11 nitrogen and oxygen atoms in total. The predicted octanol–water partition coefficient (Wildman–Crippen LogP) is 1.54. The number of aliphatic hydroxyl groups excluding tert-OH is 1. The predicted molar refractivity (Wildman–Crippen MR) is 132 cm³/mol. The molecule has 0 aliphatic carbocycles. The van der Waals surface area contributed by atoms with Crippen LogP contribution < -0.4 is 15.5 Å². The number of carbonyl (C=O) groups is 2. The lowest BCUT2D eigenvalue weighted by Crippen LogP contribution is -2.53. The van der Waals surface area contributed by atoms with Crippen LogP contribution in [0.4, 0.5) is 6.01 Å². The van der Waals surface area contributed by atoms with Crippen molar-refractivity contribution >= 4 is 27.9 Å². The Morgan fingerprint density at radius 3 is 2.49 bits per heavy atom. The zero-order valence-electron chi connectivity index (χ0n) is 20.5. The van der Waals surface area contributed by atoms with Gasteiger partial charge in [-0.05, 0) is 24.3 Å². The number of sulfonamides is 1. The van der Waals surface area contributed by atoms with Gasteiger partial charge in [-0.3, -0.25) is 15.0 Å². The van der Waals surface area contributed by atoms with Crippen LogP contribution in [-0.4, -0.2) is 66.8 Å². The van der Waals surface area contributed by atoms with Gasteiger partial charge in [0.05, 0.1) is 18.4 Å². The lowest BCUT2D eigenvalue weighted by Gasteiger charge is -2.29. The SMILES string of the molecule is CCN(C[C@@H](O)[C@H](Cc1ccccc1)NC(=O)c1coc(NS(C)(=O)=O)n1)NC(=O)CCC(C)C. The molecule has 0 radical (unpaired) electrons.